The molecule has 2 N–H and O–H groups in total. The first-order valence-corrected chi connectivity index (χ1v) is 5.94. The van der Waals surface area contributed by atoms with E-state index >= 15 is 0 Å². The number of carbonyl (C=O) groups excluding carboxylic acids is 2. The SMILES string of the molecule is Cn1cc(Br)cc1C(=O)NNC(=O)C(C)(C)C. The molecule has 0 radical (unpaired) electrons. The number of aryl methyl sites for hydroxylation is 1. The van der Waals surface area contributed by atoms with Crippen molar-refractivity contribution >= 4 is 27.7 Å². The van der Waals surface area contributed by atoms with Gasteiger partial charge in [-0.15, -0.1) is 0 Å². The van der Waals surface area contributed by atoms with Crippen LogP contribution in [0.25, 0.3) is 0 Å². The lowest BCUT2D eigenvalue weighted by molar-refractivity contribution is -0.129. The van der Waals surface area contributed by atoms with Gasteiger partial charge in [0.25, 0.3) is 5.91 Å². The molecule has 1 aromatic rings. The highest BCUT2D eigenvalue weighted by atomic mass is 79.9. The van der Waals surface area contributed by atoms with Crippen molar-refractivity contribution in [3.8, 4) is 0 Å². The molecule has 2 amide bonds. The van der Waals surface area contributed by atoms with Crippen molar-refractivity contribution in [2.24, 2.45) is 12.5 Å². The Morgan fingerprint density at radius 3 is 2.29 bits per heavy atom. The summed E-state index contributed by atoms with van der Waals surface area (Å²) in [6.45, 7) is 5.31. The average molecular weight is 302 g/mol. The van der Waals surface area contributed by atoms with Crippen molar-refractivity contribution in [1.29, 1.82) is 0 Å². The van der Waals surface area contributed by atoms with E-state index in [4.69, 9.17) is 0 Å². The fraction of sp³-hybridized carbons (Fsp3) is 0.455. The first-order chi connectivity index (χ1) is 7.71. The van der Waals surface area contributed by atoms with Crippen molar-refractivity contribution in [1.82, 2.24) is 15.4 Å². The van der Waals surface area contributed by atoms with Gasteiger partial charge in [0.1, 0.15) is 5.69 Å². The Bertz CT molecular complexity index is 446. The summed E-state index contributed by atoms with van der Waals surface area (Å²) < 4.78 is 2.48. The summed E-state index contributed by atoms with van der Waals surface area (Å²) in [6.07, 6.45) is 1.76. The number of rotatable bonds is 1. The molecular weight excluding hydrogens is 286 g/mol. The summed E-state index contributed by atoms with van der Waals surface area (Å²) in [6, 6.07) is 1.68. The molecule has 0 fully saturated rings. The number of carbonyl (C=O) groups is 2. The van der Waals surface area contributed by atoms with Gasteiger partial charge in [0.2, 0.25) is 5.91 Å². The van der Waals surface area contributed by atoms with E-state index < -0.39 is 5.41 Å². The van der Waals surface area contributed by atoms with Crippen molar-refractivity contribution in [2.75, 3.05) is 0 Å². The van der Waals surface area contributed by atoms with Crippen LogP contribution in [0.3, 0.4) is 0 Å². The van der Waals surface area contributed by atoms with Crippen LogP contribution in [-0.4, -0.2) is 16.4 Å². The van der Waals surface area contributed by atoms with Gasteiger partial charge in [-0.2, -0.15) is 0 Å². The summed E-state index contributed by atoms with van der Waals surface area (Å²) in [7, 11) is 1.76. The molecule has 0 atom stereocenters. The normalized spacial score (nSPS) is 11.1. The van der Waals surface area contributed by atoms with E-state index in [1.54, 1.807) is 44.6 Å². The van der Waals surface area contributed by atoms with Crippen LogP contribution in [0.1, 0.15) is 31.3 Å². The van der Waals surface area contributed by atoms with Crippen LogP contribution in [0.15, 0.2) is 16.7 Å². The lowest BCUT2D eigenvalue weighted by atomic mass is 9.96. The largest absolute Gasteiger partial charge is 0.345 e. The van der Waals surface area contributed by atoms with E-state index in [9.17, 15) is 9.59 Å². The van der Waals surface area contributed by atoms with Crippen LogP contribution in [0.4, 0.5) is 0 Å². The third-order valence-electron chi connectivity index (χ3n) is 2.17. The number of aromatic nitrogens is 1. The summed E-state index contributed by atoms with van der Waals surface area (Å²) in [5.74, 6) is -0.588. The maximum atomic E-state index is 11.7. The van der Waals surface area contributed by atoms with E-state index in [1.807, 2.05) is 0 Å². The molecule has 0 bridgehead atoms. The zero-order valence-corrected chi connectivity index (χ0v) is 11.9. The number of hydrazine groups is 1. The van der Waals surface area contributed by atoms with Gasteiger partial charge in [0, 0.05) is 23.1 Å². The summed E-state index contributed by atoms with van der Waals surface area (Å²) in [4.78, 5) is 23.3. The quantitative estimate of drug-likeness (QED) is 0.774. The molecule has 0 spiro atoms. The Morgan fingerprint density at radius 1 is 1.29 bits per heavy atom. The molecule has 1 heterocycles. The fourth-order valence-corrected chi connectivity index (χ4v) is 1.64. The number of halogens is 1. The fourth-order valence-electron chi connectivity index (χ4n) is 1.12. The third kappa shape index (κ3) is 3.59. The molecule has 0 unspecified atom stereocenters. The number of nitrogens with zero attached hydrogens (tertiary/aromatic N) is 1. The van der Waals surface area contributed by atoms with Crippen molar-refractivity contribution in [3.05, 3.63) is 22.4 Å². The van der Waals surface area contributed by atoms with Crippen LogP contribution in [0, 0.1) is 5.41 Å². The van der Waals surface area contributed by atoms with Gasteiger partial charge in [-0.05, 0) is 22.0 Å². The summed E-state index contributed by atoms with van der Waals surface area (Å²) >= 11 is 3.27. The van der Waals surface area contributed by atoms with E-state index in [0.29, 0.717) is 5.69 Å². The van der Waals surface area contributed by atoms with Crippen molar-refractivity contribution in [3.63, 3.8) is 0 Å². The van der Waals surface area contributed by atoms with Crippen molar-refractivity contribution in [2.45, 2.75) is 20.8 Å². The average Bonchev–Trinajstić information content (AvgIpc) is 2.52. The first-order valence-electron chi connectivity index (χ1n) is 5.14. The second-order valence-electron chi connectivity index (χ2n) is 4.81. The smallest absolute Gasteiger partial charge is 0.286 e. The topological polar surface area (TPSA) is 63.1 Å². The van der Waals surface area contributed by atoms with Gasteiger partial charge in [-0.3, -0.25) is 20.4 Å². The highest BCUT2D eigenvalue weighted by Gasteiger charge is 2.22. The van der Waals surface area contributed by atoms with E-state index in [0.717, 1.165) is 4.47 Å². The Balaban J connectivity index is 2.63. The Labute approximate surface area is 109 Å². The zero-order chi connectivity index (χ0) is 13.2. The molecule has 6 heteroatoms. The van der Waals surface area contributed by atoms with Crippen molar-refractivity contribution < 1.29 is 9.59 Å². The molecule has 0 aromatic carbocycles. The molecule has 17 heavy (non-hydrogen) atoms. The Morgan fingerprint density at radius 2 is 1.88 bits per heavy atom. The predicted octanol–water partition coefficient (Wildman–Crippen LogP) is 1.59. The first kappa shape index (κ1) is 13.8. The van der Waals surface area contributed by atoms with Gasteiger partial charge in [-0.25, -0.2) is 0 Å². The molecule has 5 nitrogen and oxygen atoms in total. The minimum Gasteiger partial charge on any atom is -0.345 e. The standard InChI is InChI=1S/C11H16BrN3O2/c1-11(2,3)10(17)14-13-9(16)8-5-7(12)6-15(8)4/h5-6H,1-4H3,(H,13,16)(H,14,17). The molecule has 0 saturated heterocycles. The Kier molecular flexibility index (Phi) is 3.98. The second kappa shape index (κ2) is 4.91. The maximum absolute atomic E-state index is 11.7. The van der Waals surface area contributed by atoms with Crippen LogP contribution in [0.5, 0.6) is 0 Å². The third-order valence-corrected chi connectivity index (χ3v) is 2.61. The van der Waals surface area contributed by atoms with E-state index in [-0.39, 0.29) is 11.8 Å². The lowest BCUT2D eigenvalue weighted by Crippen LogP contribution is -2.47. The number of amides is 2. The molecule has 0 saturated carbocycles. The second-order valence-corrected chi connectivity index (χ2v) is 5.73. The van der Waals surface area contributed by atoms with Gasteiger partial charge < -0.3 is 4.57 Å². The summed E-state index contributed by atoms with van der Waals surface area (Å²) in [5, 5.41) is 0. The lowest BCUT2D eigenvalue weighted by Gasteiger charge is -2.17. The van der Waals surface area contributed by atoms with Crippen LogP contribution < -0.4 is 10.9 Å². The molecule has 1 aromatic heterocycles. The van der Waals surface area contributed by atoms with Gasteiger partial charge in [-0.1, -0.05) is 20.8 Å². The minimum absolute atomic E-state index is 0.237. The highest BCUT2D eigenvalue weighted by molar-refractivity contribution is 9.10. The predicted molar refractivity (Wildman–Crippen MR) is 68.2 cm³/mol. The van der Waals surface area contributed by atoms with Crippen LogP contribution >= 0.6 is 15.9 Å². The molecule has 0 aliphatic heterocycles. The molecule has 0 aliphatic rings. The van der Waals surface area contributed by atoms with Gasteiger partial charge in [0.05, 0.1) is 0 Å². The van der Waals surface area contributed by atoms with E-state index in [2.05, 4.69) is 26.8 Å². The molecule has 94 valence electrons. The molecule has 0 aliphatic carbocycles. The maximum Gasteiger partial charge on any atom is 0.286 e. The summed E-state index contributed by atoms with van der Waals surface area (Å²) in [5.41, 5.74) is 4.69. The number of hydrogen-bond acceptors (Lipinski definition) is 2. The Hall–Kier alpha value is -1.30. The zero-order valence-electron chi connectivity index (χ0n) is 10.3. The van der Waals surface area contributed by atoms with Crippen LogP contribution in [-0.2, 0) is 11.8 Å². The molecule has 1 rings (SSSR count). The van der Waals surface area contributed by atoms with Gasteiger partial charge in [0.15, 0.2) is 0 Å². The number of hydrogen-bond donors (Lipinski definition) is 2. The minimum atomic E-state index is -0.540. The molecular formula is C11H16BrN3O2. The van der Waals surface area contributed by atoms with Gasteiger partial charge >= 0.3 is 0 Å². The number of nitrogens with one attached hydrogen (secondary N) is 2. The monoisotopic (exact) mass is 301 g/mol. The van der Waals surface area contributed by atoms with Crippen LogP contribution in [0.2, 0.25) is 0 Å². The van der Waals surface area contributed by atoms with E-state index in [1.165, 1.54) is 0 Å². The highest BCUT2D eigenvalue weighted by Crippen LogP contribution is 2.14.